The van der Waals surface area contributed by atoms with Crippen LogP contribution in [-0.4, -0.2) is 36.8 Å². The predicted octanol–water partition coefficient (Wildman–Crippen LogP) is 6.92. The molecule has 3 nitrogen and oxygen atoms in total. The first-order valence-electron chi connectivity index (χ1n) is 12.6. The summed E-state index contributed by atoms with van der Waals surface area (Å²) in [5.74, 6) is 1.28. The first kappa shape index (κ1) is 26.4. The Morgan fingerprint density at radius 3 is 2.13 bits per heavy atom. The Kier molecular flexibility index (Phi) is 8.04. The van der Waals surface area contributed by atoms with Gasteiger partial charge in [0.2, 0.25) is 0 Å². The van der Waals surface area contributed by atoms with Gasteiger partial charge in [0.1, 0.15) is 0 Å². The maximum atomic E-state index is 10.2. The van der Waals surface area contributed by atoms with Crippen LogP contribution in [0.5, 0.6) is 0 Å². The maximum absolute atomic E-state index is 10.2. The Hall–Kier alpha value is 0.0969. The van der Waals surface area contributed by atoms with Crippen molar-refractivity contribution in [1.82, 2.24) is 0 Å². The SMILES string of the molecule is CC(C)(O)CCCC(C)(CCO)[C@H]1CCC2[C@@H](O[Si](C)(C)C(C)(C)C)CCC[C@@]21C. The van der Waals surface area contributed by atoms with Crippen LogP contribution in [0.2, 0.25) is 18.1 Å². The number of rotatable bonds is 9. The highest BCUT2D eigenvalue weighted by molar-refractivity contribution is 6.74. The van der Waals surface area contributed by atoms with Crippen molar-refractivity contribution in [2.24, 2.45) is 22.7 Å². The van der Waals surface area contributed by atoms with E-state index in [1.54, 1.807) is 0 Å². The molecule has 0 aromatic carbocycles. The van der Waals surface area contributed by atoms with E-state index < -0.39 is 13.9 Å². The highest BCUT2D eigenvalue weighted by Gasteiger charge is 2.57. The zero-order valence-corrected chi connectivity index (χ0v) is 22.6. The van der Waals surface area contributed by atoms with E-state index in [0.29, 0.717) is 23.4 Å². The van der Waals surface area contributed by atoms with Gasteiger partial charge >= 0.3 is 0 Å². The summed E-state index contributed by atoms with van der Waals surface area (Å²) in [7, 11) is -1.78. The summed E-state index contributed by atoms with van der Waals surface area (Å²) >= 11 is 0. The highest BCUT2D eigenvalue weighted by Crippen LogP contribution is 2.63. The molecule has 2 aliphatic carbocycles. The monoisotopic (exact) mass is 440 g/mol. The first-order valence-corrected chi connectivity index (χ1v) is 15.5. The quantitative estimate of drug-likeness (QED) is 0.382. The fourth-order valence-corrected chi connectivity index (χ4v) is 8.01. The van der Waals surface area contributed by atoms with E-state index in [2.05, 4.69) is 47.7 Å². The third-order valence-corrected chi connectivity index (χ3v) is 13.9. The predicted molar refractivity (Wildman–Crippen MR) is 130 cm³/mol. The zero-order valence-electron chi connectivity index (χ0n) is 21.6. The first-order chi connectivity index (χ1) is 13.6. The molecule has 2 rings (SSSR count). The number of aliphatic hydroxyl groups is 2. The van der Waals surface area contributed by atoms with Gasteiger partial charge in [0.15, 0.2) is 8.32 Å². The molecule has 0 heterocycles. The summed E-state index contributed by atoms with van der Waals surface area (Å²) in [5, 5.41) is 20.4. The molecule has 178 valence electrons. The minimum Gasteiger partial charge on any atom is -0.414 e. The average molecular weight is 441 g/mol. The fourth-order valence-electron chi connectivity index (χ4n) is 6.61. The molecule has 0 radical (unpaired) electrons. The second kappa shape index (κ2) is 9.15. The maximum Gasteiger partial charge on any atom is 0.192 e. The molecule has 2 N–H and O–H groups in total. The van der Waals surface area contributed by atoms with E-state index >= 15 is 0 Å². The molecular weight excluding hydrogens is 388 g/mol. The molecule has 0 saturated heterocycles. The second-order valence-corrected chi connectivity index (χ2v) is 18.1. The summed E-state index contributed by atoms with van der Waals surface area (Å²) in [4.78, 5) is 0. The molecule has 2 saturated carbocycles. The van der Waals surface area contributed by atoms with Crippen molar-refractivity contribution in [3.8, 4) is 0 Å². The van der Waals surface area contributed by atoms with E-state index in [1.165, 1.54) is 32.1 Å². The zero-order chi connectivity index (χ0) is 23.0. The Bertz CT molecular complexity index is 562. The molecule has 0 amide bonds. The molecule has 5 atom stereocenters. The molecule has 2 unspecified atom stereocenters. The van der Waals surface area contributed by atoms with Crippen LogP contribution in [0.25, 0.3) is 0 Å². The normalized spacial score (nSPS) is 32.7. The summed E-state index contributed by atoms with van der Waals surface area (Å²) in [6.07, 6.45) is 10.6. The number of hydrogen-bond acceptors (Lipinski definition) is 3. The van der Waals surface area contributed by atoms with Crippen LogP contribution in [0.4, 0.5) is 0 Å². The number of fused-ring (bicyclic) bond motifs is 1. The van der Waals surface area contributed by atoms with Gasteiger partial charge in [-0.15, -0.1) is 0 Å². The largest absolute Gasteiger partial charge is 0.414 e. The Balaban J connectivity index is 2.21. The van der Waals surface area contributed by atoms with E-state index in [4.69, 9.17) is 4.43 Å². The topological polar surface area (TPSA) is 49.7 Å². The molecule has 2 fully saturated rings. The molecule has 2 aliphatic rings. The highest BCUT2D eigenvalue weighted by atomic mass is 28.4. The lowest BCUT2D eigenvalue weighted by molar-refractivity contribution is -0.0511. The van der Waals surface area contributed by atoms with Crippen molar-refractivity contribution in [1.29, 1.82) is 0 Å². The van der Waals surface area contributed by atoms with Gasteiger partial charge in [-0.1, -0.05) is 47.5 Å². The standard InChI is InChI=1S/C26H52O3Si/c1-23(2,3)30(8,9)29-21-12-10-17-26(7)20(21)13-14-22(26)25(6,18-19-27)16-11-15-24(4,5)28/h20-22,27-28H,10-19H2,1-9H3/t20?,21-,22+,25?,26-/m0/s1. The lowest BCUT2D eigenvalue weighted by Gasteiger charge is -2.52. The molecule has 0 bridgehead atoms. The van der Waals surface area contributed by atoms with Crippen molar-refractivity contribution in [3.63, 3.8) is 0 Å². The Labute approximate surface area is 188 Å². The Morgan fingerprint density at radius 2 is 1.60 bits per heavy atom. The lowest BCUT2D eigenvalue weighted by Crippen LogP contribution is -2.51. The van der Waals surface area contributed by atoms with Gasteiger partial charge in [-0.25, -0.2) is 0 Å². The smallest absolute Gasteiger partial charge is 0.192 e. The van der Waals surface area contributed by atoms with Gasteiger partial charge in [0.05, 0.1) is 5.60 Å². The second-order valence-electron chi connectivity index (χ2n) is 13.3. The van der Waals surface area contributed by atoms with E-state index in [0.717, 1.165) is 25.7 Å². The Morgan fingerprint density at radius 1 is 0.967 bits per heavy atom. The van der Waals surface area contributed by atoms with Crippen molar-refractivity contribution in [2.45, 2.75) is 136 Å². The lowest BCUT2D eigenvalue weighted by atomic mass is 9.56. The summed E-state index contributed by atoms with van der Waals surface area (Å²) < 4.78 is 7.03. The fraction of sp³-hybridized carbons (Fsp3) is 1.00. The van der Waals surface area contributed by atoms with Crippen LogP contribution in [0.1, 0.15) is 106 Å². The molecule has 0 aromatic rings. The van der Waals surface area contributed by atoms with Gasteiger partial charge in [-0.05, 0) is 99.6 Å². The van der Waals surface area contributed by atoms with E-state index in [1.807, 2.05) is 13.8 Å². The van der Waals surface area contributed by atoms with Gasteiger partial charge in [0, 0.05) is 12.7 Å². The van der Waals surface area contributed by atoms with Crippen molar-refractivity contribution >= 4 is 8.32 Å². The van der Waals surface area contributed by atoms with Crippen LogP contribution >= 0.6 is 0 Å². The van der Waals surface area contributed by atoms with Gasteiger partial charge in [0.25, 0.3) is 0 Å². The minimum atomic E-state index is -1.78. The number of hydrogen-bond donors (Lipinski definition) is 2. The number of aliphatic hydroxyl groups excluding tert-OH is 1. The third kappa shape index (κ3) is 5.71. The van der Waals surface area contributed by atoms with Crippen LogP contribution < -0.4 is 0 Å². The molecule has 0 spiro atoms. The summed E-state index contributed by atoms with van der Waals surface area (Å²) in [6.45, 7) is 20.9. The molecule has 0 aliphatic heterocycles. The van der Waals surface area contributed by atoms with E-state index in [9.17, 15) is 10.2 Å². The molecule has 4 heteroatoms. The van der Waals surface area contributed by atoms with Gasteiger partial charge in [-0.2, -0.15) is 0 Å². The third-order valence-electron chi connectivity index (χ3n) is 9.38. The van der Waals surface area contributed by atoms with Crippen LogP contribution in [-0.2, 0) is 4.43 Å². The summed E-state index contributed by atoms with van der Waals surface area (Å²) in [5.41, 5.74) is -0.151. The van der Waals surface area contributed by atoms with Crippen LogP contribution in [0.3, 0.4) is 0 Å². The van der Waals surface area contributed by atoms with Gasteiger partial charge in [-0.3, -0.25) is 0 Å². The molecular formula is C26H52O3Si. The summed E-state index contributed by atoms with van der Waals surface area (Å²) in [6, 6.07) is 0. The van der Waals surface area contributed by atoms with E-state index in [-0.39, 0.29) is 17.1 Å². The molecule has 0 aromatic heterocycles. The van der Waals surface area contributed by atoms with Crippen molar-refractivity contribution in [2.75, 3.05) is 6.61 Å². The van der Waals surface area contributed by atoms with Crippen LogP contribution in [0, 0.1) is 22.7 Å². The van der Waals surface area contributed by atoms with Gasteiger partial charge < -0.3 is 14.6 Å². The molecule has 30 heavy (non-hydrogen) atoms. The minimum absolute atomic E-state index is 0.141. The van der Waals surface area contributed by atoms with Crippen molar-refractivity contribution < 1.29 is 14.6 Å². The van der Waals surface area contributed by atoms with Crippen LogP contribution in [0.15, 0.2) is 0 Å². The average Bonchev–Trinajstić information content (AvgIpc) is 2.91. The van der Waals surface area contributed by atoms with Crippen molar-refractivity contribution in [3.05, 3.63) is 0 Å².